The van der Waals surface area contributed by atoms with E-state index < -0.39 is 0 Å². The van der Waals surface area contributed by atoms with Crippen LogP contribution in [-0.2, 0) is 0 Å². The SMILES string of the molecule is CSc1cccc(NC2CSCCC2(C)C)c1. The van der Waals surface area contributed by atoms with E-state index in [2.05, 4.69) is 61.4 Å². The van der Waals surface area contributed by atoms with Crippen LogP contribution < -0.4 is 5.32 Å². The molecule has 1 saturated heterocycles. The van der Waals surface area contributed by atoms with Crippen molar-refractivity contribution >= 4 is 29.2 Å². The predicted molar refractivity (Wildman–Crippen MR) is 81.4 cm³/mol. The van der Waals surface area contributed by atoms with E-state index >= 15 is 0 Å². The maximum Gasteiger partial charge on any atom is 0.0403 e. The zero-order chi connectivity index (χ0) is 12.3. The minimum Gasteiger partial charge on any atom is -0.381 e. The van der Waals surface area contributed by atoms with Crippen molar-refractivity contribution in [1.29, 1.82) is 0 Å². The lowest BCUT2D eigenvalue weighted by Gasteiger charge is -2.39. The quantitative estimate of drug-likeness (QED) is 0.818. The molecule has 3 heteroatoms. The van der Waals surface area contributed by atoms with Crippen LogP contribution in [0.4, 0.5) is 5.69 Å². The van der Waals surface area contributed by atoms with Gasteiger partial charge in [0.2, 0.25) is 0 Å². The second-order valence-corrected chi connectivity index (χ2v) is 7.27. The number of hydrogen-bond acceptors (Lipinski definition) is 3. The van der Waals surface area contributed by atoms with Crippen LogP contribution in [0.3, 0.4) is 0 Å². The molecule has 0 aromatic heterocycles. The van der Waals surface area contributed by atoms with Crippen LogP contribution in [0.25, 0.3) is 0 Å². The summed E-state index contributed by atoms with van der Waals surface area (Å²) in [7, 11) is 0. The molecule has 0 aliphatic carbocycles. The van der Waals surface area contributed by atoms with E-state index in [0.29, 0.717) is 11.5 Å². The zero-order valence-electron chi connectivity index (χ0n) is 10.8. The first kappa shape index (κ1) is 13.2. The van der Waals surface area contributed by atoms with Crippen LogP contribution in [0.15, 0.2) is 29.2 Å². The first-order valence-corrected chi connectivity index (χ1v) is 8.48. The maximum atomic E-state index is 3.71. The molecule has 17 heavy (non-hydrogen) atoms. The molecular formula is C14H21NS2. The summed E-state index contributed by atoms with van der Waals surface area (Å²) >= 11 is 3.87. The van der Waals surface area contributed by atoms with Crippen molar-refractivity contribution in [3.8, 4) is 0 Å². The Balaban J connectivity index is 2.08. The molecule has 1 atom stereocenters. The summed E-state index contributed by atoms with van der Waals surface area (Å²) < 4.78 is 0. The van der Waals surface area contributed by atoms with Crippen LogP contribution >= 0.6 is 23.5 Å². The third-order valence-corrected chi connectivity index (χ3v) is 5.32. The lowest BCUT2D eigenvalue weighted by atomic mass is 9.82. The van der Waals surface area contributed by atoms with Gasteiger partial charge in [-0.2, -0.15) is 11.8 Å². The van der Waals surface area contributed by atoms with E-state index in [1.807, 2.05) is 0 Å². The maximum absolute atomic E-state index is 3.71. The molecule has 1 heterocycles. The third kappa shape index (κ3) is 3.35. The van der Waals surface area contributed by atoms with Crippen molar-refractivity contribution < 1.29 is 0 Å². The Morgan fingerprint density at radius 3 is 2.94 bits per heavy atom. The van der Waals surface area contributed by atoms with Gasteiger partial charge in [0.05, 0.1) is 0 Å². The van der Waals surface area contributed by atoms with Crippen LogP contribution in [0.5, 0.6) is 0 Å². The molecule has 1 aromatic rings. The molecule has 1 nitrogen and oxygen atoms in total. The number of rotatable bonds is 3. The highest BCUT2D eigenvalue weighted by Crippen LogP contribution is 2.36. The molecular weight excluding hydrogens is 246 g/mol. The van der Waals surface area contributed by atoms with E-state index in [1.54, 1.807) is 11.8 Å². The Hall–Kier alpha value is -0.280. The van der Waals surface area contributed by atoms with Gasteiger partial charge in [-0.25, -0.2) is 0 Å². The molecule has 0 radical (unpaired) electrons. The monoisotopic (exact) mass is 267 g/mol. The fraction of sp³-hybridized carbons (Fsp3) is 0.571. The smallest absolute Gasteiger partial charge is 0.0403 e. The van der Waals surface area contributed by atoms with Crippen molar-refractivity contribution in [2.24, 2.45) is 5.41 Å². The van der Waals surface area contributed by atoms with Gasteiger partial charge in [-0.1, -0.05) is 19.9 Å². The lowest BCUT2D eigenvalue weighted by Crippen LogP contribution is -2.41. The van der Waals surface area contributed by atoms with E-state index in [-0.39, 0.29) is 0 Å². The van der Waals surface area contributed by atoms with Crippen LogP contribution in [0, 0.1) is 5.41 Å². The van der Waals surface area contributed by atoms with Crippen LogP contribution in [-0.4, -0.2) is 23.8 Å². The van der Waals surface area contributed by atoms with Crippen LogP contribution in [0.2, 0.25) is 0 Å². The Labute approximate surface area is 113 Å². The summed E-state index contributed by atoms with van der Waals surface area (Å²) in [5.74, 6) is 2.52. The van der Waals surface area contributed by atoms with Crippen LogP contribution in [0.1, 0.15) is 20.3 Å². The van der Waals surface area contributed by atoms with Gasteiger partial charge >= 0.3 is 0 Å². The van der Waals surface area contributed by atoms with Gasteiger partial charge in [-0.3, -0.25) is 0 Å². The number of hydrogen-bond donors (Lipinski definition) is 1. The summed E-state index contributed by atoms with van der Waals surface area (Å²) in [5.41, 5.74) is 1.66. The zero-order valence-corrected chi connectivity index (χ0v) is 12.5. The summed E-state index contributed by atoms with van der Waals surface area (Å²) in [6.07, 6.45) is 3.43. The number of benzene rings is 1. The molecule has 1 aliphatic rings. The average Bonchev–Trinajstić information content (AvgIpc) is 2.32. The molecule has 2 rings (SSSR count). The van der Waals surface area contributed by atoms with Gasteiger partial charge in [0.1, 0.15) is 0 Å². The fourth-order valence-electron chi connectivity index (χ4n) is 2.09. The van der Waals surface area contributed by atoms with Gasteiger partial charge in [0, 0.05) is 22.4 Å². The molecule has 1 N–H and O–H groups in total. The van der Waals surface area contributed by atoms with Gasteiger partial charge < -0.3 is 5.32 Å². The second kappa shape index (κ2) is 5.57. The van der Waals surface area contributed by atoms with E-state index in [1.165, 1.54) is 28.5 Å². The summed E-state index contributed by atoms with van der Waals surface area (Å²) in [4.78, 5) is 1.33. The standard InChI is InChI=1S/C14H21NS2/c1-14(2)7-8-17-10-13(14)15-11-5-4-6-12(9-11)16-3/h4-6,9,13,15H,7-8,10H2,1-3H3. The minimum absolute atomic E-state index is 0.403. The molecule has 0 bridgehead atoms. The summed E-state index contributed by atoms with van der Waals surface area (Å²) in [6.45, 7) is 4.76. The summed E-state index contributed by atoms with van der Waals surface area (Å²) in [6, 6.07) is 9.31. The second-order valence-electron chi connectivity index (χ2n) is 5.24. The predicted octanol–water partition coefficient (Wildman–Crippen LogP) is 4.35. The van der Waals surface area contributed by atoms with Crippen molar-refractivity contribution in [3.63, 3.8) is 0 Å². The number of nitrogens with one attached hydrogen (secondary N) is 1. The van der Waals surface area contributed by atoms with Crippen molar-refractivity contribution in [2.75, 3.05) is 23.1 Å². The number of thioether (sulfide) groups is 2. The Bertz CT molecular complexity index is 376. The van der Waals surface area contributed by atoms with E-state index in [9.17, 15) is 0 Å². The van der Waals surface area contributed by atoms with E-state index in [4.69, 9.17) is 0 Å². The highest BCUT2D eigenvalue weighted by atomic mass is 32.2. The van der Waals surface area contributed by atoms with Gasteiger partial charge in [-0.15, -0.1) is 11.8 Å². The Morgan fingerprint density at radius 2 is 2.24 bits per heavy atom. The highest BCUT2D eigenvalue weighted by Gasteiger charge is 2.32. The fourth-order valence-corrected chi connectivity index (χ4v) is 4.15. The first-order chi connectivity index (χ1) is 8.12. The number of anilines is 1. The molecule has 1 fully saturated rings. The lowest BCUT2D eigenvalue weighted by molar-refractivity contribution is 0.305. The topological polar surface area (TPSA) is 12.0 Å². The van der Waals surface area contributed by atoms with E-state index in [0.717, 1.165) is 0 Å². The molecule has 94 valence electrons. The van der Waals surface area contributed by atoms with Crippen molar-refractivity contribution in [2.45, 2.75) is 31.2 Å². The largest absolute Gasteiger partial charge is 0.381 e. The van der Waals surface area contributed by atoms with Gasteiger partial charge in [0.25, 0.3) is 0 Å². The molecule has 1 aliphatic heterocycles. The Kier molecular flexibility index (Phi) is 4.31. The molecule has 1 aromatic carbocycles. The molecule has 0 amide bonds. The van der Waals surface area contributed by atoms with Gasteiger partial charge in [0.15, 0.2) is 0 Å². The normalized spacial score (nSPS) is 23.4. The van der Waals surface area contributed by atoms with Crippen molar-refractivity contribution in [1.82, 2.24) is 0 Å². The molecule has 0 saturated carbocycles. The van der Waals surface area contributed by atoms with Gasteiger partial charge in [-0.05, 0) is 42.0 Å². The molecule has 0 spiro atoms. The average molecular weight is 267 g/mol. The first-order valence-electron chi connectivity index (χ1n) is 6.10. The highest BCUT2D eigenvalue weighted by molar-refractivity contribution is 7.99. The molecule has 1 unspecified atom stereocenters. The minimum atomic E-state index is 0.403. The summed E-state index contributed by atoms with van der Waals surface area (Å²) in [5, 5.41) is 3.71. The third-order valence-electron chi connectivity index (χ3n) is 3.53. The Morgan fingerprint density at radius 1 is 1.41 bits per heavy atom. The van der Waals surface area contributed by atoms with Crippen molar-refractivity contribution in [3.05, 3.63) is 24.3 Å².